The van der Waals surface area contributed by atoms with Gasteiger partial charge in [-0.3, -0.25) is 0 Å². The number of nitriles is 1. The first-order valence-electron chi connectivity index (χ1n) is 4.31. The molecule has 80 valence electrons. The summed E-state index contributed by atoms with van der Waals surface area (Å²) < 4.78 is 17.4. The van der Waals surface area contributed by atoms with Crippen LogP contribution in [0.25, 0.3) is 0 Å². The molecule has 0 aliphatic heterocycles. The fourth-order valence-corrected chi connectivity index (χ4v) is 1.51. The predicted molar refractivity (Wildman–Crippen MR) is 55.0 cm³/mol. The van der Waals surface area contributed by atoms with Gasteiger partial charge in [-0.2, -0.15) is 0 Å². The van der Waals surface area contributed by atoms with E-state index in [1.54, 1.807) is 12.1 Å². The standard InChI is InChI=1S/C9H11N3O2S/c1-3-14-9-5-4-8(6-11-9)12(7-10)15(2)13/h4-6H,3H2,1-2H3. The zero-order chi connectivity index (χ0) is 11.3. The molecule has 15 heavy (non-hydrogen) atoms. The first-order valence-corrected chi connectivity index (χ1v) is 5.82. The first-order chi connectivity index (χ1) is 7.19. The largest absolute Gasteiger partial charge is 0.772 e. The maximum Gasteiger partial charge on any atom is 0.470 e. The fourth-order valence-electron chi connectivity index (χ4n) is 0.990. The SMILES string of the molecule is CCOc1ccc([N+](C#N)=S(C)[O-])cn1. The van der Waals surface area contributed by atoms with Gasteiger partial charge in [-0.05, 0) is 19.2 Å². The molecule has 0 aromatic carbocycles. The van der Waals surface area contributed by atoms with Crippen molar-refractivity contribution in [3.05, 3.63) is 18.3 Å². The molecule has 0 N–H and O–H groups in total. The normalized spacial score (nSPS) is 12.8. The summed E-state index contributed by atoms with van der Waals surface area (Å²) in [5.74, 6) is 0.487. The van der Waals surface area contributed by atoms with Crippen molar-refractivity contribution < 1.29 is 13.2 Å². The molecule has 0 saturated heterocycles. The second-order valence-electron chi connectivity index (χ2n) is 2.61. The van der Waals surface area contributed by atoms with E-state index in [9.17, 15) is 4.55 Å². The number of ether oxygens (including phenoxy) is 1. The molecule has 0 spiro atoms. The summed E-state index contributed by atoms with van der Waals surface area (Å²) in [4.78, 5) is 3.97. The van der Waals surface area contributed by atoms with Gasteiger partial charge in [0, 0.05) is 6.07 Å². The molecule has 0 amide bonds. The number of aromatic nitrogens is 1. The van der Waals surface area contributed by atoms with Gasteiger partial charge in [0.25, 0.3) is 0 Å². The van der Waals surface area contributed by atoms with Crippen molar-refractivity contribution in [2.75, 3.05) is 12.9 Å². The number of hydrogen-bond acceptors (Lipinski definition) is 4. The second-order valence-corrected chi connectivity index (χ2v) is 3.82. The Hall–Kier alpha value is -1.45. The van der Waals surface area contributed by atoms with Gasteiger partial charge < -0.3 is 9.29 Å². The summed E-state index contributed by atoms with van der Waals surface area (Å²) >= 11 is 0. The Morgan fingerprint density at radius 3 is 2.80 bits per heavy atom. The summed E-state index contributed by atoms with van der Waals surface area (Å²) in [6.45, 7) is 2.40. The summed E-state index contributed by atoms with van der Waals surface area (Å²) in [5, 5.41) is 8.75. The minimum Gasteiger partial charge on any atom is -0.772 e. The molecule has 0 fully saturated rings. The Morgan fingerprint density at radius 2 is 2.40 bits per heavy atom. The van der Waals surface area contributed by atoms with E-state index < -0.39 is 11.0 Å². The van der Waals surface area contributed by atoms with Crippen molar-refractivity contribution in [1.82, 2.24) is 4.98 Å². The summed E-state index contributed by atoms with van der Waals surface area (Å²) in [6.07, 6.45) is 4.71. The van der Waals surface area contributed by atoms with Crippen molar-refractivity contribution in [2.24, 2.45) is 0 Å². The van der Waals surface area contributed by atoms with Crippen molar-refractivity contribution in [2.45, 2.75) is 6.92 Å². The molecule has 1 unspecified atom stereocenters. The van der Waals surface area contributed by atoms with Crippen LogP contribution in [0.3, 0.4) is 0 Å². The van der Waals surface area contributed by atoms with Gasteiger partial charge in [0.1, 0.15) is 0 Å². The zero-order valence-corrected chi connectivity index (χ0v) is 9.32. The van der Waals surface area contributed by atoms with Gasteiger partial charge in [-0.1, -0.05) is 11.0 Å². The van der Waals surface area contributed by atoms with Gasteiger partial charge in [0.2, 0.25) is 5.88 Å². The third kappa shape index (κ3) is 3.01. The van der Waals surface area contributed by atoms with Gasteiger partial charge >= 0.3 is 6.19 Å². The lowest BCUT2D eigenvalue weighted by molar-refractivity contribution is -0.315. The maximum atomic E-state index is 11.1. The van der Waals surface area contributed by atoms with Gasteiger partial charge in [-0.15, -0.1) is 3.95 Å². The monoisotopic (exact) mass is 225 g/mol. The third-order valence-corrected chi connectivity index (χ3v) is 2.40. The predicted octanol–water partition coefficient (Wildman–Crippen LogP) is 1.17. The zero-order valence-electron chi connectivity index (χ0n) is 8.51. The average molecular weight is 225 g/mol. The van der Waals surface area contributed by atoms with Crippen LogP contribution in [0.5, 0.6) is 5.88 Å². The van der Waals surface area contributed by atoms with E-state index in [0.717, 1.165) is 3.95 Å². The minimum atomic E-state index is -1.37. The molecule has 0 saturated carbocycles. The molecule has 0 aliphatic carbocycles. The molecular weight excluding hydrogens is 214 g/mol. The molecule has 0 radical (unpaired) electrons. The van der Waals surface area contributed by atoms with E-state index >= 15 is 0 Å². The quantitative estimate of drug-likeness (QED) is 0.439. The van der Waals surface area contributed by atoms with Crippen molar-refractivity contribution in [1.29, 1.82) is 5.26 Å². The highest BCUT2D eigenvalue weighted by atomic mass is 32.2. The van der Waals surface area contributed by atoms with Gasteiger partial charge in [0.05, 0.1) is 12.8 Å². The van der Waals surface area contributed by atoms with Crippen LogP contribution in [0.2, 0.25) is 0 Å². The smallest absolute Gasteiger partial charge is 0.470 e. The molecule has 0 aliphatic rings. The Balaban J connectivity index is 2.99. The molecular formula is C9H11N3O2S. The van der Waals surface area contributed by atoms with Crippen molar-refractivity contribution in [3.8, 4) is 12.1 Å². The van der Waals surface area contributed by atoms with Gasteiger partial charge in [-0.25, -0.2) is 4.98 Å². The topological polar surface area (TPSA) is 72.0 Å². The lowest BCUT2D eigenvalue weighted by Gasteiger charge is -2.06. The summed E-state index contributed by atoms with van der Waals surface area (Å²) in [7, 11) is -1.37. The number of nitrogens with zero attached hydrogens (tertiary/aromatic N) is 3. The highest BCUT2D eigenvalue weighted by molar-refractivity contribution is 7.78. The van der Waals surface area contributed by atoms with Crippen LogP contribution in [0.15, 0.2) is 18.3 Å². The Labute approximate surface area is 90.9 Å². The number of rotatable bonds is 3. The average Bonchev–Trinajstić information content (AvgIpc) is 2.21. The van der Waals surface area contributed by atoms with Crippen LogP contribution in [0.4, 0.5) is 5.69 Å². The Morgan fingerprint density at radius 1 is 1.67 bits per heavy atom. The molecule has 5 nitrogen and oxygen atoms in total. The van der Waals surface area contributed by atoms with E-state index in [2.05, 4.69) is 4.98 Å². The van der Waals surface area contributed by atoms with E-state index in [4.69, 9.17) is 10.00 Å². The third-order valence-electron chi connectivity index (χ3n) is 1.60. The van der Waals surface area contributed by atoms with E-state index in [1.165, 1.54) is 12.5 Å². The molecule has 1 aromatic heterocycles. The van der Waals surface area contributed by atoms with E-state index in [-0.39, 0.29) is 0 Å². The Bertz CT molecular complexity index is 404. The Kier molecular flexibility index (Phi) is 4.21. The first kappa shape index (κ1) is 11.6. The molecule has 1 rings (SSSR count). The highest BCUT2D eigenvalue weighted by Gasteiger charge is 2.05. The van der Waals surface area contributed by atoms with Gasteiger partial charge in [0.15, 0.2) is 10.9 Å². The van der Waals surface area contributed by atoms with Crippen LogP contribution in [-0.4, -0.2) is 26.3 Å². The second kappa shape index (κ2) is 5.44. The van der Waals surface area contributed by atoms with E-state index in [0.29, 0.717) is 18.2 Å². The summed E-state index contributed by atoms with van der Waals surface area (Å²) in [6, 6.07) is 3.28. The van der Waals surface area contributed by atoms with Crippen molar-refractivity contribution in [3.63, 3.8) is 0 Å². The summed E-state index contributed by atoms with van der Waals surface area (Å²) in [5.41, 5.74) is 0.488. The highest BCUT2D eigenvalue weighted by Crippen LogP contribution is 2.14. The van der Waals surface area contributed by atoms with E-state index in [1.807, 2.05) is 13.1 Å². The maximum absolute atomic E-state index is 11.1. The molecule has 1 aromatic rings. The molecule has 1 heterocycles. The molecule has 6 heteroatoms. The fraction of sp³-hybridized carbons (Fsp3) is 0.333. The minimum absolute atomic E-state index is 0.487. The van der Waals surface area contributed by atoms with Crippen LogP contribution < -0.4 is 4.74 Å². The van der Waals surface area contributed by atoms with Crippen LogP contribution in [-0.2, 0) is 11.0 Å². The van der Waals surface area contributed by atoms with Crippen LogP contribution in [0.1, 0.15) is 6.92 Å². The lowest BCUT2D eigenvalue weighted by Crippen LogP contribution is -2.04. The van der Waals surface area contributed by atoms with Crippen LogP contribution in [0, 0.1) is 11.5 Å². The number of hydrogen-bond donors (Lipinski definition) is 0. The lowest BCUT2D eigenvalue weighted by atomic mass is 10.4. The van der Waals surface area contributed by atoms with Crippen molar-refractivity contribution >= 4 is 16.7 Å². The number of pyridine rings is 1. The molecule has 0 bridgehead atoms. The molecule has 1 atom stereocenters. The van der Waals surface area contributed by atoms with Crippen LogP contribution >= 0.6 is 0 Å².